The smallest absolute Gasteiger partial charge is 0.249 e. The fourth-order valence-electron chi connectivity index (χ4n) is 2.27. The molecule has 1 aromatic carbocycles. The van der Waals surface area contributed by atoms with Crippen LogP contribution in [0.25, 0.3) is 0 Å². The van der Waals surface area contributed by atoms with E-state index in [-0.39, 0.29) is 18.4 Å². The lowest BCUT2D eigenvalue weighted by atomic mass is 9.99. The molecule has 1 saturated heterocycles. The summed E-state index contributed by atoms with van der Waals surface area (Å²) in [7, 11) is 0. The molecule has 20 heavy (non-hydrogen) atoms. The molecule has 2 amide bonds. The van der Waals surface area contributed by atoms with E-state index >= 15 is 0 Å². The van der Waals surface area contributed by atoms with Gasteiger partial charge in [-0.25, -0.2) is 0 Å². The van der Waals surface area contributed by atoms with Gasteiger partial charge in [0.1, 0.15) is 0 Å². The third-order valence-electron chi connectivity index (χ3n) is 3.75. The first-order valence-corrected chi connectivity index (χ1v) is 7.00. The van der Waals surface area contributed by atoms with Crippen molar-refractivity contribution in [2.75, 3.05) is 6.54 Å². The highest BCUT2D eigenvalue weighted by molar-refractivity contribution is 6.02. The summed E-state index contributed by atoms with van der Waals surface area (Å²) in [5.41, 5.74) is 1.56. The number of benzene rings is 1. The number of carbonyl (C=O) groups is 2. The molecule has 0 radical (unpaired) electrons. The van der Waals surface area contributed by atoms with Crippen LogP contribution in [-0.4, -0.2) is 28.8 Å². The van der Waals surface area contributed by atoms with Gasteiger partial charge in [0.05, 0.1) is 18.6 Å². The molecule has 1 fully saturated rings. The topological polar surface area (TPSA) is 49.4 Å². The Morgan fingerprint density at radius 3 is 2.35 bits per heavy atom. The first-order chi connectivity index (χ1) is 9.31. The Labute approximate surface area is 120 Å². The Balaban J connectivity index is 2.15. The summed E-state index contributed by atoms with van der Waals surface area (Å²) >= 11 is 0. The van der Waals surface area contributed by atoms with E-state index in [0.717, 1.165) is 5.56 Å². The number of hydrogen-bond acceptors (Lipinski definition) is 3. The van der Waals surface area contributed by atoms with Gasteiger partial charge in [-0.1, -0.05) is 38.1 Å². The second-order valence-electron chi connectivity index (χ2n) is 6.16. The van der Waals surface area contributed by atoms with Crippen molar-refractivity contribution in [3.8, 4) is 0 Å². The average molecular weight is 274 g/mol. The van der Waals surface area contributed by atoms with Gasteiger partial charge in [0.2, 0.25) is 11.8 Å². The lowest BCUT2D eigenvalue weighted by Crippen LogP contribution is -2.63. The van der Waals surface area contributed by atoms with Crippen molar-refractivity contribution in [2.24, 2.45) is 0 Å². The van der Waals surface area contributed by atoms with Crippen molar-refractivity contribution in [1.29, 1.82) is 0 Å². The monoisotopic (exact) mass is 274 g/mol. The van der Waals surface area contributed by atoms with Crippen LogP contribution >= 0.6 is 0 Å². The molecule has 0 aliphatic carbocycles. The maximum absolute atomic E-state index is 12.3. The molecular formula is C16H22N2O2. The lowest BCUT2D eigenvalue weighted by Gasteiger charge is -2.36. The zero-order chi connectivity index (χ0) is 14.9. The fraction of sp³-hybridized carbons (Fsp3) is 0.500. The zero-order valence-electron chi connectivity index (χ0n) is 12.6. The number of amides is 2. The molecule has 4 heteroatoms. The zero-order valence-corrected chi connectivity index (χ0v) is 12.6. The summed E-state index contributed by atoms with van der Waals surface area (Å²) in [5.74, 6) is 0.148. The largest absolute Gasteiger partial charge is 0.295 e. The molecule has 0 unspecified atom stereocenters. The first-order valence-electron chi connectivity index (χ1n) is 7.00. The summed E-state index contributed by atoms with van der Waals surface area (Å²) in [4.78, 5) is 25.5. The Bertz CT molecular complexity index is 518. The van der Waals surface area contributed by atoms with E-state index in [1.54, 1.807) is 13.8 Å². The molecule has 1 heterocycles. The highest BCUT2D eigenvalue weighted by Gasteiger charge is 2.39. The fourth-order valence-corrected chi connectivity index (χ4v) is 2.27. The van der Waals surface area contributed by atoms with Gasteiger partial charge in [0.25, 0.3) is 0 Å². The summed E-state index contributed by atoms with van der Waals surface area (Å²) in [6, 6.07) is 8.10. The Kier molecular flexibility index (Phi) is 3.95. The summed E-state index contributed by atoms with van der Waals surface area (Å²) < 4.78 is 0. The van der Waals surface area contributed by atoms with Crippen LogP contribution in [0.2, 0.25) is 0 Å². The minimum Gasteiger partial charge on any atom is -0.295 e. The highest BCUT2D eigenvalue weighted by atomic mass is 16.2. The lowest BCUT2D eigenvalue weighted by molar-refractivity contribution is -0.153. The molecule has 1 aromatic rings. The van der Waals surface area contributed by atoms with E-state index in [4.69, 9.17) is 0 Å². The Hall–Kier alpha value is -1.68. The maximum atomic E-state index is 12.3. The van der Waals surface area contributed by atoms with Crippen LogP contribution < -0.4 is 5.32 Å². The van der Waals surface area contributed by atoms with Gasteiger partial charge in [-0.3, -0.25) is 19.8 Å². The van der Waals surface area contributed by atoms with Gasteiger partial charge in [-0.05, 0) is 30.9 Å². The number of piperazine rings is 1. The molecule has 0 saturated carbocycles. The number of carbonyl (C=O) groups excluding carboxylic acids is 2. The van der Waals surface area contributed by atoms with Crippen molar-refractivity contribution in [3.63, 3.8) is 0 Å². The molecule has 1 N–H and O–H groups in total. The SMILES string of the molecule is CC(C)c1ccc(CN2C(=O)CNC(C)(C)C2=O)cc1. The van der Waals surface area contributed by atoms with Gasteiger partial charge >= 0.3 is 0 Å². The number of rotatable bonds is 3. The molecule has 1 aliphatic rings. The van der Waals surface area contributed by atoms with Crippen molar-refractivity contribution >= 4 is 11.8 Å². The summed E-state index contributed by atoms with van der Waals surface area (Å²) in [5, 5.41) is 2.96. The maximum Gasteiger partial charge on any atom is 0.249 e. The van der Waals surface area contributed by atoms with Gasteiger partial charge in [0, 0.05) is 0 Å². The van der Waals surface area contributed by atoms with Crippen LogP contribution in [0.15, 0.2) is 24.3 Å². The van der Waals surface area contributed by atoms with Crippen molar-refractivity contribution in [2.45, 2.75) is 45.7 Å². The van der Waals surface area contributed by atoms with Gasteiger partial charge in [0.15, 0.2) is 0 Å². The molecule has 4 nitrogen and oxygen atoms in total. The van der Waals surface area contributed by atoms with Crippen molar-refractivity contribution in [3.05, 3.63) is 35.4 Å². The second kappa shape index (κ2) is 5.37. The van der Waals surface area contributed by atoms with E-state index in [1.165, 1.54) is 10.5 Å². The van der Waals surface area contributed by atoms with Crippen LogP contribution in [-0.2, 0) is 16.1 Å². The molecule has 0 bridgehead atoms. The van der Waals surface area contributed by atoms with E-state index in [0.29, 0.717) is 12.5 Å². The van der Waals surface area contributed by atoms with Crippen LogP contribution in [0.3, 0.4) is 0 Å². The van der Waals surface area contributed by atoms with Crippen molar-refractivity contribution < 1.29 is 9.59 Å². The van der Waals surface area contributed by atoms with Gasteiger partial charge in [-0.2, -0.15) is 0 Å². The van der Waals surface area contributed by atoms with E-state index in [1.807, 2.05) is 12.1 Å². The molecule has 0 aromatic heterocycles. The Morgan fingerprint density at radius 2 is 1.80 bits per heavy atom. The first kappa shape index (κ1) is 14.7. The molecule has 0 spiro atoms. The van der Waals surface area contributed by atoms with E-state index in [2.05, 4.69) is 31.3 Å². The number of nitrogens with zero attached hydrogens (tertiary/aromatic N) is 1. The summed E-state index contributed by atoms with van der Waals surface area (Å²) in [6.45, 7) is 8.44. The molecule has 108 valence electrons. The summed E-state index contributed by atoms with van der Waals surface area (Å²) in [6.07, 6.45) is 0. The minimum absolute atomic E-state index is 0.165. The van der Waals surface area contributed by atoms with Crippen LogP contribution in [0.5, 0.6) is 0 Å². The van der Waals surface area contributed by atoms with Gasteiger partial charge in [-0.15, -0.1) is 0 Å². The predicted octanol–water partition coefficient (Wildman–Crippen LogP) is 2.05. The number of imide groups is 1. The third kappa shape index (κ3) is 2.90. The average Bonchev–Trinajstić information content (AvgIpc) is 2.40. The third-order valence-corrected chi connectivity index (χ3v) is 3.75. The van der Waals surface area contributed by atoms with Gasteiger partial charge < -0.3 is 0 Å². The van der Waals surface area contributed by atoms with Crippen LogP contribution in [0.4, 0.5) is 0 Å². The number of nitrogens with one attached hydrogen (secondary N) is 1. The minimum atomic E-state index is -0.675. The van der Waals surface area contributed by atoms with Crippen LogP contribution in [0, 0.1) is 0 Å². The number of hydrogen-bond donors (Lipinski definition) is 1. The highest BCUT2D eigenvalue weighted by Crippen LogP contribution is 2.19. The molecule has 2 rings (SSSR count). The molecular weight excluding hydrogens is 252 g/mol. The standard InChI is InChI=1S/C16H22N2O2/c1-11(2)13-7-5-12(6-8-13)10-18-14(19)9-17-16(3,4)15(18)20/h5-8,11,17H,9-10H2,1-4H3. The van der Waals surface area contributed by atoms with Crippen LogP contribution in [0.1, 0.15) is 44.7 Å². The molecule has 1 aliphatic heterocycles. The Morgan fingerprint density at radius 1 is 1.20 bits per heavy atom. The van der Waals surface area contributed by atoms with E-state index < -0.39 is 5.54 Å². The second-order valence-corrected chi connectivity index (χ2v) is 6.16. The van der Waals surface area contributed by atoms with Crippen molar-refractivity contribution in [1.82, 2.24) is 10.2 Å². The molecule has 0 atom stereocenters. The van der Waals surface area contributed by atoms with E-state index in [9.17, 15) is 9.59 Å². The normalized spacial score (nSPS) is 18.8. The predicted molar refractivity (Wildman–Crippen MR) is 78.2 cm³/mol. The quantitative estimate of drug-likeness (QED) is 0.858.